The van der Waals surface area contributed by atoms with E-state index in [1.54, 1.807) is 6.92 Å². The summed E-state index contributed by atoms with van der Waals surface area (Å²) in [4.78, 5) is 2.03. The second-order valence-electron chi connectivity index (χ2n) is 2.06. The van der Waals surface area contributed by atoms with E-state index in [4.69, 9.17) is 0 Å². The maximum absolute atomic E-state index is 10.4. The van der Waals surface area contributed by atoms with Gasteiger partial charge in [0.05, 0.1) is 6.26 Å². The molecule has 0 rings (SSSR count). The van der Waals surface area contributed by atoms with Crippen molar-refractivity contribution in [3.63, 3.8) is 0 Å². The molecule has 0 aliphatic carbocycles. The third kappa shape index (κ3) is 5.55. The molecule has 0 heterocycles. The average Bonchev–Trinajstić information content (AvgIpc) is 1.81. The first-order chi connectivity index (χ1) is 4.45. The van der Waals surface area contributed by atoms with Crippen molar-refractivity contribution >= 4 is 15.7 Å². The number of hydrogen-bond acceptors (Lipinski definition) is 3. The Labute approximate surface area is 61.4 Å². The van der Waals surface area contributed by atoms with Gasteiger partial charge in [-0.1, -0.05) is 6.92 Å². The fraction of sp³-hybridized carbons (Fsp3) is 0.800. The molecule has 0 unspecified atom stereocenters. The van der Waals surface area contributed by atoms with Crippen molar-refractivity contribution < 1.29 is 8.42 Å². The van der Waals surface area contributed by atoms with Gasteiger partial charge < -0.3 is 0 Å². The van der Waals surface area contributed by atoms with Crippen LogP contribution in [-0.2, 0) is 10.0 Å². The van der Waals surface area contributed by atoms with Gasteiger partial charge in [-0.3, -0.25) is 0 Å². The van der Waals surface area contributed by atoms with Crippen LogP contribution in [0.3, 0.4) is 0 Å². The van der Waals surface area contributed by atoms with E-state index in [0.717, 1.165) is 18.4 Å². The molecule has 0 aliphatic heterocycles. The fourth-order valence-electron chi connectivity index (χ4n) is 0.240. The topological polar surface area (TPSA) is 58.5 Å². The highest BCUT2D eigenvalue weighted by atomic mass is 32.2. The van der Waals surface area contributed by atoms with Crippen molar-refractivity contribution in [3.8, 4) is 0 Å². The molecule has 5 heteroatoms. The van der Waals surface area contributed by atoms with Crippen molar-refractivity contribution in [2.45, 2.75) is 20.3 Å². The molecule has 60 valence electrons. The first-order valence-electron chi connectivity index (χ1n) is 2.95. The van der Waals surface area contributed by atoms with Crippen LogP contribution < -0.4 is 4.83 Å². The zero-order valence-corrected chi connectivity index (χ0v) is 7.20. The smallest absolute Gasteiger partial charge is 0.206 e. The number of rotatable bonds is 3. The van der Waals surface area contributed by atoms with Gasteiger partial charge >= 0.3 is 0 Å². The Hall–Kier alpha value is -0.580. The van der Waals surface area contributed by atoms with Gasteiger partial charge in [0.1, 0.15) is 0 Å². The molecule has 0 spiro atoms. The first kappa shape index (κ1) is 9.42. The van der Waals surface area contributed by atoms with E-state index in [2.05, 4.69) is 5.10 Å². The van der Waals surface area contributed by atoms with Gasteiger partial charge in [-0.25, -0.2) is 13.2 Å². The maximum Gasteiger partial charge on any atom is 0.244 e. The summed E-state index contributed by atoms with van der Waals surface area (Å²) < 4.78 is 20.9. The molecule has 0 aromatic heterocycles. The van der Waals surface area contributed by atoms with Crippen molar-refractivity contribution in [1.29, 1.82) is 0 Å². The third-order valence-electron chi connectivity index (χ3n) is 0.914. The molecule has 0 radical (unpaired) electrons. The summed E-state index contributed by atoms with van der Waals surface area (Å²) >= 11 is 0. The molecule has 0 aliphatic rings. The van der Waals surface area contributed by atoms with Crippen LogP contribution in [0.2, 0.25) is 0 Å². The second-order valence-corrected chi connectivity index (χ2v) is 3.79. The highest BCUT2D eigenvalue weighted by Gasteiger charge is 1.94. The predicted octanol–water partition coefficient (Wildman–Crippen LogP) is 0.322. The van der Waals surface area contributed by atoms with Crippen LogP contribution in [0, 0.1) is 0 Å². The lowest BCUT2D eigenvalue weighted by atomic mass is 10.3. The third-order valence-corrected chi connectivity index (χ3v) is 1.34. The SMILES string of the molecule is CCC(C)=NNS(C)(=O)=O. The molecule has 10 heavy (non-hydrogen) atoms. The lowest BCUT2D eigenvalue weighted by Gasteiger charge is -1.96. The van der Waals surface area contributed by atoms with Gasteiger partial charge in [0, 0.05) is 5.71 Å². The van der Waals surface area contributed by atoms with Crippen LogP contribution in [0.4, 0.5) is 0 Å². The summed E-state index contributed by atoms with van der Waals surface area (Å²) in [5.41, 5.74) is 0.769. The molecule has 0 saturated heterocycles. The second kappa shape index (κ2) is 3.55. The van der Waals surface area contributed by atoms with E-state index in [1.807, 2.05) is 11.8 Å². The quantitative estimate of drug-likeness (QED) is 0.482. The largest absolute Gasteiger partial charge is 0.244 e. The Balaban J connectivity index is 3.98. The fourth-order valence-corrected chi connectivity index (χ4v) is 0.562. The summed E-state index contributed by atoms with van der Waals surface area (Å²) in [6, 6.07) is 0. The molecular formula is C5H12N2O2S. The van der Waals surface area contributed by atoms with Gasteiger partial charge in [0.25, 0.3) is 0 Å². The van der Waals surface area contributed by atoms with Crippen molar-refractivity contribution in [2.24, 2.45) is 5.10 Å². The molecule has 0 saturated carbocycles. The van der Waals surface area contributed by atoms with Crippen LogP contribution in [-0.4, -0.2) is 20.4 Å². The monoisotopic (exact) mass is 164 g/mol. The summed E-state index contributed by atoms with van der Waals surface area (Å²) in [6.45, 7) is 3.67. The van der Waals surface area contributed by atoms with Gasteiger partial charge in [0.15, 0.2) is 0 Å². The Kier molecular flexibility index (Phi) is 3.35. The molecule has 1 N–H and O–H groups in total. The number of nitrogens with zero attached hydrogens (tertiary/aromatic N) is 1. The first-order valence-corrected chi connectivity index (χ1v) is 4.84. The highest BCUT2D eigenvalue weighted by molar-refractivity contribution is 7.88. The highest BCUT2D eigenvalue weighted by Crippen LogP contribution is 1.82. The molecule has 0 atom stereocenters. The summed E-state index contributed by atoms with van der Waals surface area (Å²) in [6.07, 6.45) is 1.82. The Morgan fingerprint density at radius 1 is 1.60 bits per heavy atom. The maximum atomic E-state index is 10.4. The minimum Gasteiger partial charge on any atom is -0.206 e. The van der Waals surface area contributed by atoms with Gasteiger partial charge in [-0.05, 0) is 13.3 Å². The minimum atomic E-state index is -3.17. The van der Waals surface area contributed by atoms with Crippen LogP contribution >= 0.6 is 0 Å². The van der Waals surface area contributed by atoms with Crippen molar-refractivity contribution in [3.05, 3.63) is 0 Å². The Morgan fingerprint density at radius 3 is 2.40 bits per heavy atom. The van der Waals surface area contributed by atoms with Crippen LogP contribution in [0.5, 0.6) is 0 Å². The lowest BCUT2D eigenvalue weighted by molar-refractivity contribution is 0.590. The lowest BCUT2D eigenvalue weighted by Crippen LogP contribution is -2.16. The molecular weight excluding hydrogens is 152 g/mol. The number of nitrogens with one attached hydrogen (secondary N) is 1. The minimum absolute atomic E-state index is 0.752. The molecule has 0 amide bonds. The van der Waals surface area contributed by atoms with Gasteiger partial charge in [-0.15, -0.1) is 0 Å². The number of sulfonamides is 1. The summed E-state index contributed by atoms with van der Waals surface area (Å²) in [5.74, 6) is 0. The number of hydrazone groups is 1. The van der Waals surface area contributed by atoms with E-state index in [0.29, 0.717) is 0 Å². The van der Waals surface area contributed by atoms with Crippen LogP contribution in [0.15, 0.2) is 5.10 Å². The zero-order chi connectivity index (χ0) is 8.20. The molecule has 0 aromatic rings. The van der Waals surface area contributed by atoms with E-state index >= 15 is 0 Å². The van der Waals surface area contributed by atoms with Crippen molar-refractivity contribution in [2.75, 3.05) is 6.26 Å². The van der Waals surface area contributed by atoms with E-state index in [9.17, 15) is 8.42 Å². The normalized spacial score (nSPS) is 13.3. The van der Waals surface area contributed by atoms with Crippen LogP contribution in [0.1, 0.15) is 20.3 Å². The Bertz CT molecular complexity index is 218. The average molecular weight is 164 g/mol. The molecule has 0 fully saturated rings. The summed E-state index contributed by atoms with van der Waals surface area (Å²) in [7, 11) is -3.17. The van der Waals surface area contributed by atoms with Crippen LogP contribution in [0.25, 0.3) is 0 Å². The molecule has 4 nitrogen and oxygen atoms in total. The molecule has 0 bridgehead atoms. The van der Waals surface area contributed by atoms with Gasteiger partial charge in [-0.2, -0.15) is 5.10 Å². The standard InChI is InChI=1S/C5H12N2O2S/c1-4-5(2)6-7-10(3,8)9/h7H,4H2,1-3H3. The summed E-state index contributed by atoms with van der Waals surface area (Å²) in [5, 5.41) is 3.59. The molecule has 0 aromatic carbocycles. The van der Waals surface area contributed by atoms with E-state index in [-0.39, 0.29) is 0 Å². The predicted molar refractivity (Wildman–Crippen MR) is 41.4 cm³/mol. The number of hydrogen-bond donors (Lipinski definition) is 1. The van der Waals surface area contributed by atoms with Crippen molar-refractivity contribution in [1.82, 2.24) is 4.83 Å². The van der Waals surface area contributed by atoms with E-state index in [1.165, 1.54) is 0 Å². The zero-order valence-electron chi connectivity index (χ0n) is 6.38. The van der Waals surface area contributed by atoms with Gasteiger partial charge in [0.2, 0.25) is 10.0 Å². The van der Waals surface area contributed by atoms with E-state index < -0.39 is 10.0 Å². The Morgan fingerprint density at radius 2 is 2.10 bits per heavy atom.